The lowest BCUT2D eigenvalue weighted by Gasteiger charge is -2.23. The molecule has 1 atom stereocenters. The van der Waals surface area contributed by atoms with Crippen LogP contribution in [-0.4, -0.2) is 86.4 Å². The summed E-state index contributed by atoms with van der Waals surface area (Å²) in [5.74, 6) is 0.701. The van der Waals surface area contributed by atoms with Gasteiger partial charge in [0.15, 0.2) is 0 Å². The smallest absolute Gasteiger partial charge is 0.330 e. The van der Waals surface area contributed by atoms with E-state index in [2.05, 4.69) is 14.9 Å². The van der Waals surface area contributed by atoms with Crippen molar-refractivity contribution in [1.82, 2.24) is 24.0 Å². The van der Waals surface area contributed by atoms with Crippen LogP contribution in [0.3, 0.4) is 0 Å². The Labute approximate surface area is 261 Å². The molecular formula is C28H52N6O8P2. The number of imidazole rings is 2. The molecule has 0 saturated heterocycles. The Morgan fingerprint density at radius 2 is 1.25 bits per heavy atom. The highest BCUT2D eigenvalue weighted by molar-refractivity contribution is 7.54. The maximum absolute atomic E-state index is 12.9. The third-order valence-electron chi connectivity index (χ3n) is 6.86. The number of carboxylic acids is 1. The van der Waals surface area contributed by atoms with Crippen LogP contribution in [0, 0.1) is 0 Å². The number of carbonyl (C=O) groups is 1. The number of rotatable bonds is 26. The number of nitrogens with zero attached hydrogens (tertiary/aromatic N) is 5. The van der Waals surface area contributed by atoms with E-state index < -0.39 is 27.2 Å². The lowest BCUT2D eigenvalue weighted by Crippen LogP contribution is -2.31. The summed E-state index contributed by atoms with van der Waals surface area (Å²) in [5, 5.41) is 9.13. The summed E-state index contributed by atoms with van der Waals surface area (Å²) in [5.41, 5.74) is 5.71. The molecule has 1 unspecified atom stereocenters. The molecule has 44 heavy (non-hydrogen) atoms. The van der Waals surface area contributed by atoms with Crippen LogP contribution in [0.15, 0.2) is 24.8 Å². The van der Waals surface area contributed by atoms with E-state index in [4.69, 9.17) is 28.9 Å². The molecule has 0 saturated carbocycles. The van der Waals surface area contributed by atoms with Gasteiger partial charge in [-0.2, -0.15) is 0 Å². The zero-order valence-electron chi connectivity index (χ0n) is 26.7. The fourth-order valence-corrected chi connectivity index (χ4v) is 8.11. The zero-order valence-corrected chi connectivity index (χ0v) is 28.5. The number of hydrogen-bond donors (Lipinski definition) is 2. The van der Waals surface area contributed by atoms with Crippen LogP contribution in [-0.2, 0) is 58.2 Å². The van der Waals surface area contributed by atoms with E-state index in [1.807, 2.05) is 21.5 Å². The summed E-state index contributed by atoms with van der Waals surface area (Å²) in [4.78, 5) is 22.6. The normalized spacial score (nSPS) is 13.1. The van der Waals surface area contributed by atoms with Gasteiger partial charge in [-0.25, -0.2) is 9.97 Å². The molecule has 2 heterocycles. The van der Waals surface area contributed by atoms with E-state index >= 15 is 0 Å². The Hall–Kier alpha value is -1.89. The Morgan fingerprint density at radius 3 is 1.64 bits per heavy atom. The number of carboxylic acid groups (broad SMARTS) is 1. The van der Waals surface area contributed by atoms with E-state index in [1.165, 1.54) is 0 Å². The van der Waals surface area contributed by atoms with Gasteiger partial charge in [0, 0.05) is 37.9 Å². The predicted octanol–water partition coefficient (Wildman–Crippen LogP) is 4.98. The van der Waals surface area contributed by atoms with Crippen molar-refractivity contribution in [3.05, 3.63) is 36.4 Å². The number of unbranched alkanes of at least 4 members (excludes halogenated alkanes) is 1. The van der Waals surface area contributed by atoms with E-state index in [9.17, 15) is 13.9 Å². The van der Waals surface area contributed by atoms with Crippen LogP contribution in [0.5, 0.6) is 0 Å². The van der Waals surface area contributed by atoms with Crippen molar-refractivity contribution in [2.45, 2.75) is 92.0 Å². The van der Waals surface area contributed by atoms with Crippen LogP contribution in [0.1, 0.15) is 71.4 Å². The van der Waals surface area contributed by atoms with Crippen molar-refractivity contribution < 1.29 is 37.1 Å². The lowest BCUT2D eigenvalue weighted by molar-refractivity contribution is -0.138. The van der Waals surface area contributed by atoms with Crippen molar-refractivity contribution in [1.29, 1.82) is 0 Å². The van der Waals surface area contributed by atoms with Crippen molar-refractivity contribution in [2.24, 2.45) is 5.73 Å². The van der Waals surface area contributed by atoms with Gasteiger partial charge in [0.05, 0.1) is 51.8 Å². The molecular weight excluding hydrogens is 610 g/mol. The fourth-order valence-electron chi connectivity index (χ4n) is 4.82. The highest BCUT2D eigenvalue weighted by Crippen LogP contribution is 2.49. The first-order chi connectivity index (χ1) is 21.1. The maximum atomic E-state index is 12.9. The number of aromatic nitrogens is 4. The minimum atomic E-state index is -3.13. The van der Waals surface area contributed by atoms with Crippen LogP contribution in [0.25, 0.3) is 0 Å². The quantitative estimate of drug-likeness (QED) is 0.102. The van der Waals surface area contributed by atoms with Crippen LogP contribution < -0.4 is 5.73 Å². The second-order valence-electron chi connectivity index (χ2n) is 10.3. The molecule has 0 amide bonds. The molecule has 3 N–H and O–H groups in total. The monoisotopic (exact) mass is 662 g/mol. The third-order valence-corrected chi connectivity index (χ3v) is 11.2. The van der Waals surface area contributed by atoms with E-state index in [1.54, 1.807) is 40.1 Å². The standard InChI is InChI=1S/C28H52N6O8P2/c1-5-39-43(37,40-6-2)21-11-17-33-19-14-30-26(33)23-32(16-10-9-13-25(29)28(35)36)24-27-31-15-20-34(27)18-12-22-44(38,41-7-3)42-8-4/h14-15,19-20,25H,5-13,16-18,21-24,29H2,1-4H3,(H,35,36). The zero-order chi connectivity index (χ0) is 32.4. The minimum absolute atomic E-state index is 0.316. The topological polar surface area (TPSA) is 173 Å². The van der Waals surface area contributed by atoms with Gasteiger partial charge in [-0.1, -0.05) is 6.42 Å². The Bertz CT molecular complexity index is 1100. The Kier molecular flexibility index (Phi) is 17.6. The summed E-state index contributed by atoms with van der Waals surface area (Å²) in [6.07, 6.45) is 11.0. The lowest BCUT2D eigenvalue weighted by atomic mass is 10.1. The highest BCUT2D eigenvalue weighted by atomic mass is 31.2. The molecule has 0 fully saturated rings. The van der Waals surface area contributed by atoms with Crippen molar-refractivity contribution >= 4 is 21.2 Å². The fraction of sp³-hybridized carbons (Fsp3) is 0.750. The highest BCUT2D eigenvalue weighted by Gasteiger charge is 2.24. The van der Waals surface area contributed by atoms with Crippen LogP contribution in [0.2, 0.25) is 0 Å². The average Bonchev–Trinajstić information content (AvgIpc) is 3.60. The molecule has 0 spiro atoms. The van der Waals surface area contributed by atoms with Gasteiger partial charge < -0.3 is 38.1 Å². The van der Waals surface area contributed by atoms with E-state index in [-0.39, 0.29) is 0 Å². The number of hydrogen-bond acceptors (Lipinski definition) is 11. The maximum Gasteiger partial charge on any atom is 0.330 e. The number of aryl methyl sites for hydroxylation is 2. The minimum Gasteiger partial charge on any atom is -0.480 e. The first kappa shape index (κ1) is 38.3. The largest absolute Gasteiger partial charge is 0.480 e. The molecule has 0 aliphatic rings. The molecule has 2 aromatic heterocycles. The molecule has 2 aromatic rings. The van der Waals surface area contributed by atoms with E-state index in [0.29, 0.717) is 97.2 Å². The van der Waals surface area contributed by atoms with Gasteiger partial charge in [-0.15, -0.1) is 0 Å². The van der Waals surface area contributed by atoms with Gasteiger partial charge in [0.2, 0.25) is 0 Å². The second kappa shape index (κ2) is 20.3. The Balaban J connectivity index is 2.09. The molecule has 0 aliphatic carbocycles. The molecule has 252 valence electrons. The van der Waals surface area contributed by atoms with Crippen molar-refractivity contribution in [3.8, 4) is 0 Å². The first-order valence-corrected chi connectivity index (χ1v) is 19.0. The molecule has 0 aromatic carbocycles. The van der Waals surface area contributed by atoms with Gasteiger partial charge in [0.1, 0.15) is 17.7 Å². The molecule has 0 radical (unpaired) electrons. The Morgan fingerprint density at radius 1 is 0.818 bits per heavy atom. The SMILES string of the molecule is CCOP(=O)(CCCn1ccnc1CN(CCCCC(N)C(=O)O)Cc1nccn1CCCP(=O)(OCC)OCC)OCC. The van der Waals surface area contributed by atoms with Crippen molar-refractivity contribution in [2.75, 3.05) is 45.3 Å². The second-order valence-corrected chi connectivity index (χ2v) is 14.6. The number of aliphatic carboxylic acids is 1. The number of nitrogens with two attached hydrogens (primary N) is 1. The van der Waals surface area contributed by atoms with Gasteiger partial charge in [-0.3, -0.25) is 18.8 Å². The van der Waals surface area contributed by atoms with Crippen molar-refractivity contribution in [3.63, 3.8) is 0 Å². The van der Waals surface area contributed by atoms with Crippen LogP contribution in [0.4, 0.5) is 0 Å². The van der Waals surface area contributed by atoms with Gasteiger partial charge in [-0.05, 0) is 59.9 Å². The van der Waals surface area contributed by atoms with Gasteiger partial charge in [0.25, 0.3) is 0 Å². The molecule has 2 rings (SSSR count). The van der Waals surface area contributed by atoms with Crippen LogP contribution >= 0.6 is 15.2 Å². The summed E-state index contributed by atoms with van der Waals surface area (Å²) in [6.45, 7) is 11.5. The summed E-state index contributed by atoms with van der Waals surface area (Å²) in [6, 6.07) is -0.880. The van der Waals surface area contributed by atoms with E-state index in [0.717, 1.165) is 18.1 Å². The summed E-state index contributed by atoms with van der Waals surface area (Å²) < 4.78 is 51.6. The molecule has 0 bridgehead atoms. The summed E-state index contributed by atoms with van der Waals surface area (Å²) >= 11 is 0. The predicted molar refractivity (Wildman–Crippen MR) is 169 cm³/mol. The molecule has 0 aliphatic heterocycles. The molecule has 16 heteroatoms. The summed E-state index contributed by atoms with van der Waals surface area (Å²) in [7, 11) is -6.25. The average molecular weight is 663 g/mol. The first-order valence-electron chi connectivity index (χ1n) is 15.6. The molecule has 14 nitrogen and oxygen atoms in total. The van der Waals surface area contributed by atoms with Gasteiger partial charge >= 0.3 is 21.2 Å². The third kappa shape index (κ3) is 13.6.